The van der Waals surface area contributed by atoms with E-state index in [4.69, 9.17) is 26.8 Å². The van der Waals surface area contributed by atoms with Crippen molar-refractivity contribution in [2.75, 3.05) is 32.2 Å². The monoisotopic (exact) mass is 332 g/mol. The third-order valence-corrected chi connectivity index (χ3v) is 4.59. The Hall–Kier alpha value is -1.91. The molecule has 23 heavy (non-hydrogen) atoms. The molecule has 0 fully saturated rings. The van der Waals surface area contributed by atoms with Crippen molar-refractivity contribution in [2.45, 2.75) is 13.0 Å². The molecule has 122 valence electrons. The molecule has 3 rings (SSSR count). The molecule has 0 aliphatic carbocycles. The zero-order chi connectivity index (χ0) is 16.6. The summed E-state index contributed by atoms with van der Waals surface area (Å²) >= 11 is 6.31. The number of benzene rings is 2. The fraction of sp³-hybridized carbons (Fsp3) is 0.333. The number of likely N-dealkylation sites (N-methyl/N-ethyl adjacent to an activating group) is 1. The van der Waals surface area contributed by atoms with E-state index in [1.807, 2.05) is 24.3 Å². The average molecular weight is 333 g/mol. The molecule has 2 aromatic rings. The molecule has 1 heterocycles. The molecule has 1 aliphatic heterocycles. The van der Waals surface area contributed by atoms with Crippen LogP contribution >= 0.6 is 11.6 Å². The van der Waals surface area contributed by atoms with Crippen LogP contribution in [0.25, 0.3) is 11.1 Å². The van der Waals surface area contributed by atoms with Crippen LogP contribution in [0.3, 0.4) is 0 Å². The number of anilines is 1. The molecule has 0 radical (unpaired) electrons. The van der Waals surface area contributed by atoms with Crippen LogP contribution in [-0.4, -0.2) is 33.4 Å². The molecular formula is C18H21ClN2O2. The Labute approximate surface area is 141 Å². The minimum Gasteiger partial charge on any atom is -0.497 e. The van der Waals surface area contributed by atoms with Gasteiger partial charge in [-0.25, -0.2) is 0 Å². The van der Waals surface area contributed by atoms with Gasteiger partial charge in [0.2, 0.25) is 0 Å². The molecule has 0 spiro atoms. The van der Waals surface area contributed by atoms with Gasteiger partial charge >= 0.3 is 0 Å². The maximum absolute atomic E-state index is 6.31. The number of nitrogens with two attached hydrogens (primary N) is 1. The molecule has 4 nitrogen and oxygen atoms in total. The van der Waals surface area contributed by atoms with Crippen molar-refractivity contribution in [3.63, 3.8) is 0 Å². The van der Waals surface area contributed by atoms with E-state index in [9.17, 15) is 0 Å². The van der Waals surface area contributed by atoms with E-state index in [2.05, 4.69) is 24.9 Å². The SMILES string of the molecule is COc1ccc(-c2cc(Cl)cc3c2N(C)C(CN)CO3)c(C)c1. The van der Waals surface area contributed by atoms with Crippen molar-refractivity contribution in [3.05, 3.63) is 40.9 Å². The van der Waals surface area contributed by atoms with E-state index < -0.39 is 0 Å². The highest BCUT2D eigenvalue weighted by atomic mass is 35.5. The van der Waals surface area contributed by atoms with E-state index in [1.165, 1.54) is 0 Å². The molecule has 2 aromatic carbocycles. The lowest BCUT2D eigenvalue weighted by Gasteiger charge is -2.37. The number of aryl methyl sites for hydroxylation is 1. The maximum Gasteiger partial charge on any atom is 0.144 e. The second-order valence-corrected chi connectivity index (χ2v) is 6.23. The van der Waals surface area contributed by atoms with Gasteiger partial charge in [0, 0.05) is 30.2 Å². The fourth-order valence-corrected chi connectivity index (χ4v) is 3.23. The predicted octanol–water partition coefficient (Wildman–Crippen LogP) is 3.48. The topological polar surface area (TPSA) is 47.7 Å². The van der Waals surface area contributed by atoms with Crippen LogP contribution in [0.1, 0.15) is 5.56 Å². The zero-order valence-corrected chi connectivity index (χ0v) is 14.4. The molecule has 0 saturated heterocycles. The first kappa shape index (κ1) is 16.0. The Balaban J connectivity index is 2.18. The summed E-state index contributed by atoms with van der Waals surface area (Å²) in [5.41, 5.74) is 10.2. The molecule has 1 aliphatic rings. The van der Waals surface area contributed by atoms with Gasteiger partial charge in [0.25, 0.3) is 0 Å². The van der Waals surface area contributed by atoms with Gasteiger partial charge in [0.1, 0.15) is 18.1 Å². The smallest absolute Gasteiger partial charge is 0.144 e. The molecule has 1 unspecified atom stereocenters. The Kier molecular flexibility index (Phi) is 4.37. The minimum atomic E-state index is 0.154. The predicted molar refractivity (Wildman–Crippen MR) is 94.9 cm³/mol. The molecule has 0 aromatic heterocycles. The van der Waals surface area contributed by atoms with Crippen LogP contribution in [0.5, 0.6) is 11.5 Å². The minimum absolute atomic E-state index is 0.154. The summed E-state index contributed by atoms with van der Waals surface area (Å²) < 4.78 is 11.2. The lowest BCUT2D eigenvalue weighted by molar-refractivity contribution is 0.269. The molecule has 1 atom stereocenters. The van der Waals surface area contributed by atoms with Gasteiger partial charge in [-0.15, -0.1) is 0 Å². The molecule has 0 saturated carbocycles. The highest BCUT2D eigenvalue weighted by Crippen LogP contribution is 2.44. The van der Waals surface area contributed by atoms with E-state index in [0.717, 1.165) is 33.9 Å². The van der Waals surface area contributed by atoms with Crippen molar-refractivity contribution in [1.29, 1.82) is 0 Å². The third-order valence-electron chi connectivity index (χ3n) is 4.37. The van der Waals surface area contributed by atoms with Crippen LogP contribution in [0.2, 0.25) is 5.02 Å². The Morgan fingerprint density at radius 1 is 1.30 bits per heavy atom. The summed E-state index contributed by atoms with van der Waals surface area (Å²) in [5, 5.41) is 0.661. The van der Waals surface area contributed by atoms with E-state index in [0.29, 0.717) is 18.2 Å². The van der Waals surface area contributed by atoms with Crippen molar-refractivity contribution < 1.29 is 9.47 Å². The number of ether oxygens (including phenoxy) is 2. The van der Waals surface area contributed by atoms with Gasteiger partial charge in [-0.1, -0.05) is 17.7 Å². The lowest BCUT2D eigenvalue weighted by Crippen LogP contribution is -2.45. The van der Waals surface area contributed by atoms with Crippen molar-refractivity contribution in [1.82, 2.24) is 0 Å². The Bertz CT molecular complexity index is 733. The summed E-state index contributed by atoms with van der Waals surface area (Å²) in [6.45, 7) is 3.18. The highest BCUT2D eigenvalue weighted by molar-refractivity contribution is 6.31. The summed E-state index contributed by atoms with van der Waals surface area (Å²) in [4.78, 5) is 2.19. The fourth-order valence-electron chi connectivity index (χ4n) is 3.03. The number of halogens is 1. The van der Waals surface area contributed by atoms with Crippen molar-refractivity contribution in [2.24, 2.45) is 5.73 Å². The van der Waals surface area contributed by atoms with Crippen LogP contribution in [0, 0.1) is 6.92 Å². The molecule has 2 N–H and O–H groups in total. The van der Waals surface area contributed by atoms with E-state index in [1.54, 1.807) is 7.11 Å². The lowest BCUT2D eigenvalue weighted by atomic mass is 9.96. The molecule has 0 bridgehead atoms. The normalized spacial score (nSPS) is 16.7. The second-order valence-electron chi connectivity index (χ2n) is 5.79. The second kappa shape index (κ2) is 6.30. The number of rotatable bonds is 3. The largest absolute Gasteiger partial charge is 0.497 e. The number of nitrogens with zero attached hydrogens (tertiary/aromatic N) is 1. The van der Waals surface area contributed by atoms with Gasteiger partial charge in [-0.05, 0) is 36.2 Å². The van der Waals surface area contributed by atoms with Gasteiger partial charge in [0.05, 0.1) is 18.8 Å². The quantitative estimate of drug-likeness (QED) is 0.934. The van der Waals surface area contributed by atoms with Gasteiger partial charge in [-0.2, -0.15) is 0 Å². The molecule has 5 heteroatoms. The van der Waals surface area contributed by atoms with Crippen LogP contribution in [0.4, 0.5) is 5.69 Å². The zero-order valence-electron chi connectivity index (χ0n) is 13.6. The highest BCUT2D eigenvalue weighted by Gasteiger charge is 2.27. The Morgan fingerprint density at radius 2 is 2.09 bits per heavy atom. The van der Waals surface area contributed by atoms with E-state index >= 15 is 0 Å². The number of hydrogen-bond acceptors (Lipinski definition) is 4. The van der Waals surface area contributed by atoms with Gasteiger partial charge < -0.3 is 20.1 Å². The van der Waals surface area contributed by atoms with Crippen molar-refractivity contribution in [3.8, 4) is 22.6 Å². The first-order valence-electron chi connectivity index (χ1n) is 7.59. The maximum atomic E-state index is 6.31. The number of methoxy groups -OCH3 is 1. The summed E-state index contributed by atoms with van der Waals surface area (Å²) in [6.07, 6.45) is 0. The first-order chi connectivity index (χ1) is 11.0. The van der Waals surface area contributed by atoms with Crippen molar-refractivity contribution >= 4 is 17.3 Å². The number of fused-ring (bicyclic) bond motifs is 1. The first-order valence-corrected chi connectivity index (χ1v) is 7.97. The number of hydrogen-bond donors (Lipinski definition) is 1. The summed E-state index contributed by atoms with van der Waals surface area (Å²) in [7, 11) is 3.72. The average Bonchev–Trinajstić information content (AvgIpc) is 2.54. The molecule has 0 amide bonds. The molecular weight excluding hydrogens is 312 g/mol. The summed E-state index contributed by atoms with van der Waals surface area (Å²) in [6, 6.07) is 10.0. The summed E-state index contributed by atoms with van der Waals surface area (Å²) in [5.74, 6) is 1.64. The van der Waals surface area contributed by atoms with Gasteiger partial charge in [-0.3, -0.25) is 0 Å². The van der Waals surface area contributed by atoms with E-state index in [-0.39, 0.29) is 6.04 Å². The van der Waals surface area contributed by atoms with Crippen LogP contribution < -0.4 is 20.1 Å². The standard InChI is InChI=1S/C18H21ClN2O2/c1-11-6-14(22-3)4-5-15(11)16-7-12(19)8-17-18(16)21(2)13(9-20)10-23-17/h4-8,13H,9-10,20H2,1-3H3. The Morgan fingerprint density at radius 3 is 2.74 bits per heavy atom. The third kappa shape index (κ3) is 2.84. The van der Waals surface area contributed by atoms with Crippen LogP contribution in [0.15, 0.2) is 30.3 Å². The van der Waals surface area contributed by atoms with Gasteiger partial charge in [0.15, 0.2) is 0 Å². The van der Waals surface area contributed by atoms with Crippen LogP contribution in [-0.2, 0) is 0 Å².